The number of para-hydroxylation sites is 1. The summed E-state index contributed by atoms with van der Waals surface area (Å²) in [4.78, 5) is 42.9. The lowest BCUT2D eigenvalue weighted by atomic mass is 9.91. The summed E-state index contributed by atoms with van der Waals surface area (Å²) in [7, 11) is 0. The minimum Gasteiger partial charge on any atom is -0.356 e. The minimum absolute atomic E-state index is 0.0861. The summed E-state index contributed by atoms with van der Waals surface area (Å²) >= 11 is 0. The molecule has 2 aliphatic rings. The maximum Gasteiger partial charge on any atom is 0.329 e. The topological polar surface area (TPSA) is 94.3 Å². The molecular weight excluding hydrogens is 416 g/mol. The molecule has 2 atom stereocenters. The number of hydrogen-bond donors (Lipinski definition) is 3. The number of nitrogens with zero attached hydrogens (tertiary/aromatic N) is 1. The summed E-state index contributed by atoms with van der Waals surface area (Å²) < 4.78 is 0. The summed E-state index contributed by atoms with van der Waals surface area (Å²) in [5.74, 6) is -0.291. The van der Waals surface area contributed by atoms with Gasteiger partial charge in [-0.1, -0.05) is 44.2 Å². The lowest BCUT2D eigenvalue weighted by Gasteiger charge is -2.24. The Morgan fingerprint density at radius 1 is 1.12 bits per heavy atom. The first kappa shape index (κ1) is 21.2. The quantitative estimate of drug-likeness (QED) is 0.512. The van der Waals surface area contributed by atoms with Gasteiger partial charge in [-0.25, -0.2) is 9.69 Å². The smallest absolute Gasteiger partial charge is 0.329 e. The first-order chi connectivity index (χ1) is 15.9. The molecule has 1 aromatic heterocycles. The van der Waals surface area contributed by atoms with Crippen molar-refractivity contribution >= 4 is 34.4 Å². The third-order valence-electron chi connectivity index (χ3n) is 6.68. The van der Waals surface area contributed by atoms with Crippen LogP contribution in [-0.4, -0.2) is 28.9 Å². The molecule has 4 amide bonds. The Bertz CT molecular complexity index is 1230. The van der Waals surface area contributed by atoms with Gasteiger partial charge < -0.3 is 15.6 Å². The van der Waals surface area contributed by atoms with E-state index >= 15 is 0 Å². The number of hydrogen-bond acceptors (Lipinski definition) is 3. The van der Waals surface area contributed by atoms with E-state index in [-0.39, 0.29) is 18.4 Å². The number of carbonyl (C=O) groups excluding carboxylic acids is 3. The number of H-pyrrole nitrogens is 1. The molecule has 7 heteroatoms. The number of aromatic amines is 1. The molecule has 0 saturated carbocycles. The lowest BCUT2D eigenvalue weighted by Crippen LogP contribution is -2.38. The van der Waals surface area contributed by atoms with Crippen LogP contribution in [-0.2, 0) is 16.0 Å². The summed E-state index contributed by atoms with van der Waals surface area (Å²) in [6, 6.07) is 14.1. The predicted octanol–water partition coefficient (Wildman–Crippen LogP) is 4.30. The van der Waals surface area contributed by atoms with Crippen molar-refractivity contribution in [1.29, 1.82) is 0 Å². The molecular formula is C26H28N4O3. The highest BCUT2D eigenvalue weighted by Crippen LogP contribution is 2.34. The van der Waals surface area contributed by atoms with Crippen LogP contribution in [0.15, 0.2) is 48.5 Å². The van der Waals surface area contributed by atoms with Crippen molar-refractivity contribution in [2.45, 2.75) is 57.5 Å². The number of anilines is 1. The van der Waals surface area contributed by atoms with Crippen LogP contribution in [0.5, 0.6) is 0 Å². The van der Waals surface area contributed by atoms with Gasteiger partial charge in [-0.2, -0.15) is 0 Å². The number of nitrogens with one attached hydrogen (secondary N) is 3. The van der Waals surface area contributed by atoms with Gasteiger partial charge in [-0.05, 0) is 54.5 Å². The molecule has 170 valence electrons. The summed E-state index contributed by atoms with van der Waals surface area (Å²) in [6.45, 7) is 4.17. The van der Waals surface area contributed by atoms with Gasteiger partial charge in [0.15, 0.2) is 0 Å². The zero-order valence-electron chi connectivity index (χ0n) is 18.9. The number of aryl methyl sites for hydroxylation is 1. The molecule has 2 heterocycles. The fraction of sp³-hybridized carbons (Fsp3) is 0.346. The van der Waals surface area contributed by atoms with E-state index in [0.29, 0.717) is 11.6 Å². The molecule has 1 aliphatic heterocycles. The highest BCUT2D eigenvalue weighted by Gasteiger charge is 2.40. The van der Waals surface area contributed by atoms with Crippen molar-refractivity contribution < 1.29 is 14.4 Å². The zero-order valence-corrected chi connectivity index (χ0v) is 18.9. The van der Waals surface area contributed by atoms with Crippen LogP contribution >= 0.6 is 0 Å². The normalized spacial score (nSPS) is 20.3. The van der Waals surface area contributed by atoms with Crippen LogP contribution in [0, 0.1) is 0 Å². The standard InChI is InChI=1S/C26H28N4O3/c1-15(2)16-10-12-17(13-11-16)30-25(32)22(29-26(30)33)14-23(31)27-21-9-5-7-19-18-6-3-4-8-20(18)28-24(19)21/h3-4,6,8,10-13,15,21-22,28H,5,7,9,14H2,1-2H3,(H,27,31)(H,29,33)/t21-,22-/m1/s1. The number of imide groups is 1. The summed E-state index contributed by atoms with van der Waals surface area (Å²) in [6.07, 6.45) is 2.72. The van der Waals surface area contributed by atoms with E-state index in [1.807, 2.05) is 30.3 Å². The molecule has 2 aromatic carbocycles. The highest BCUT2D eigenvalue weighted by molar-refractivity contribution is 6.22. The number of rotatable bonds is 5. The van der Waals surface area contributed by atoms with E-state index in [1.54, 1.807) is 12.1 Å². The Balaban J connectivity index is 1.27. The first-order valence-corrected chi connectivity index (χ1v) is 11.6. The van der Waals surface area contributed by atoms with Crippen LogP contribution in [0.25, 0.3) is 10.9 Å². The van der Waals surface area contributed by atoms with Gasteiger partial charge >= 0.3 is 6.03 Å². The second-order valence-corrected chi connectivity index (χ2v) is 9.20. The maximum atomic E-state index is 12.9. The number of amides is 4. The number of fused-ring (bicyclic) bond motifs is 3. The van der Waals surface area contributed by atoms with Gasteiger partial charge in [0.2, 0.25) is 5.91 Å². The van der Waals surface area contributed by atoms with Gasteiger partial charge in [-0.15, -0.1) is 0 Å². The van der Waals surface area contributed by atoms with Gasteiger partial charge in [-0.3, -0.25) is 9.59 Å². The number of urea groups is 1. The molecule has 0 spiro atoms. The number of aromatic nitrogens is 1. The van der Waals surface area contributed by atoms with Crippen LogP contribution in [0.2, 0.25) is 0 Å². The second kappa shape index (κ2) is 8.39. The number of benzene rings is 2. The number of carbonyl (C=O) groups is 3. The SMILES string of the molecule is CC(C)c1ccc(N2C(=O)N[C@H](CC(=O)N[C@@H]3CCCc4c3[nH]c3ccccc43)C2=O)cc1. The molecule has 1 aliphatic carbocycles. The van der Waals surface area contributed by atoms with E-state index in [0.717, 1.165) is 40.9 Å². The third kappa shape index (κ3) is 3.88. The fourth-order valence-electron chi connectivity index (χ4n) is 4.92. The van der Waals surface area contributed by atoms with Crippen molar-refractivity contribution in [3.8, 4) is 0 Å². The van der Waals surface area contributed by atoms with Crippen molar-refractivity contribution in [2.75, 3.05) is 4.90 Å². The minimum atomic E-state index is -0.868. The Hall–Kier alpha value is -3.61. The molecule has 1 fully saturated rings. The third-order valence-corrected chi connectivity index (χ3v) is 6.68. The average Bonchev–Trinajstić information content (AvgIpc) is 3.31. The Morgan fingerprint density at radius 2 is 1.88 bits per heavy atom. The predicted molar refractivity (Wildman–Crippen MR) is 127 cm³/mol. The average molecular weight is 445 g/mol. The molecule has 7 nitrogen and oxygen atoms in total. The van der Waals surface area contributed by atoms with Crippen LogP contribution in [0.3, 0.4) is 0 Å². The van der Waals surface area contributed by atoms with E-state index in [9.17, 15) is 14.4 Å². The molecule has 1 saturated heterocycles. The highest BCUT2D eigenvalue weighted by atomic mass is 16.2. The lowest BCUT2D eigenvalue weighted by molar-refractivity contribution is -0.126. The van der Waals surface area contributed by atoms with Crippen molar-refractivity contribution in [3.05, 3.63) is 65.4 Å². The van der Waals surface area contributed by atoms with Crippen molar-refractivity contribution in [1.82, 2.24) is 15.6 Å². The molecule has 3 N–H and O–H groups in total. The monoisotopic (exact) mass is 444 g/mol. The Morgan fingerprint density at radius 3 is 2.64 bits per heavy atom. The molecule has 0 radical (unpaired) electrons. The summed E-state index contributed by atoms with van der Waals surface area (Å²) in [5, 5.41) is 6.95. The van der Waals surface area contributed by atoms with Crippen molar-refractivity contribution in [2.24, 2.45) is 0 Å². The van der Waals surface area contributed by atoms with Gasteiger partial charge in [0.05, 0.1) is 18.2 Å². The molecule has 0 bridgehead atoms. The zero-order chi connectivity index (χ0) is 23.1. The van der Waals surface area contributed by atoms with Crippen LogP contribution < -0.4 is 15.5 Å². The fourth-order valence-corrected chi connectivity index (χ4v) is 4.92. The van der Waals surface area contributed by atoms with E-state index in [4.69, 9.17) is 0 Å². The van der Waals surface area contributed by atoms with Gasteiger partial charge in [0, 0.05) is 16.6 Å². The molecule has 3 aromatic rings. The molecule has 33 heavy (non-hydrogen) atoms. The van der Waals surface area contributed by atoms with E-state index < -0.39 is 18.0 Å². The Labute approximate surface area is 192 Å². The summed E-state index contributed by atoms with van der Waals surface area (Å²) in [5.41, 5.74) is 5.01. The maximum absolute atomic E-state index is 12.9. The second-order valence-electron chi connectivity index (χ2n) is 9.20. The first-order valence-electron chi connectivity index (χ1n) is 11.6. The molecule has 5 rings (SSSR count). The van der Waals surface area contributed by atoms with Gasteiger partial charge in [0.1, 0.15) is 6.04 Å². The van der Waals surface area contributed by atoms with Crippen LogP contribution in [0.1, 0.15) is 61.9 Å². The molecule has 0 unspecified atom stereocenters. The largest absolute Gasteiger partial charge is 0.356 e. The van der Waals surface area contributed by atoms with E-state index in [2.05, 4.69) is 35.5 Å². The van der Waals surface area contributed by atoms with Crippen molar-refractivity contribution in [3.63, 3.8) is 0 Å². The van der Waals surface area contributed by atoms with E-state index in [1.165, 1.54) is 10.9 Å². The van der Waals surface area contributed by atoms with Gasteiger partial charge in [0.25, 0.3) is 5.91 Å². The Kier molecular flexibility index (Phi) is 5.40. The van der Waals surface area contributed by atoms with Crippen LogP contribution in [0.4, 0.5) is 10.5 Å².